The summed E-state index contributed by atoms with van der Waals surface area (Å²) in [6, 6.07) is 0.128. The Labute approximate surface area is 55.4 Å². The fourth-order valence-corrected chi connectivity index (χ4v) is 1.14. The van der Waals surface area contributed by atoms with E-state index in [-0.39, 0.29) is 12.6 Å². The lowest BCUT2D eigenvalue weighted by Gasteiger charge is -2.17. The highest BCUT2D eigenvalue weighted by Crippen LogP contribution is 2.15. The van der Waals surface area contributed by atoms with Gasteiger partial charge in [0.05, 0.1) is 6.61 Å². The van der Waals surface area contributed by atoms with Crippen LogP contribution in [0.15, 0.2) is 11.6 Å². The summed E-state index contributed by atoms with van der Waals surface area (Å²) >= 11 is 0. The normalized spacial score (nSPS) is 27.8. The molecule has 0 aromatic rings. The van der Waals surface area contributed by atoms with E-state index in [0.29, 0.717) is 0 Å². The van der Waals surface area contributed by atoms with Crippen LogP contribution in [0.25, 0.3) is 0 Å². The summed E-state index contributed by atoms with van der Waals surface area (Å²) in [5, 5.41) is 8.71. The van der Waals surface area contributed by atoms with E-state index in [1.807, 2.05) is 6.08 Å². The summed E-state index contributed by atoms with van der Waals surface area (Å²) < 4.78 is 0. The largest absolute Gasteiger partial charge is 0.392 e. The third kappa shape index (κ3) is 1.53. The first-order chi connectivity index (χ1) is 4.34. The molecule has 0 aromatic heterocycles. The molecule has 0 aliphatic heterocycles. The Bertz CT molecular complexity index is 120. The van der Waals surface area contributed by atoms with Crippen LogP contribution < -0.4 is 5.73 Å². The van der Waals surface area contributed by atoms with E-state index in [1.165, 1.54) is 6.42 Å². The summed E-state index contributed by atoms with van der Waals surface area (Å²) in [6.45, 7) is 0.140. The predicted octanol–water partition coefficient (Wildman–Crippen LogP) is 0.416. The Morgan fingerprint density at radius 3 is 3.00 bits per heavy atom. The maximum atomic E-state index is 8.71. The highest BCUT2D eigenvalue weighted by molar-refractivity contribution is 5.12. The summed E-state index contributed by atoms with van der Waals surface area (Å²) in [7, 11) is 0. The van der Waals surface area contributed by atoms with Crippen LogP contribution in [0.3, 0.4) is 0 Å². The average Bonchev–Trinajstić information content (AvgIpc) is 1.89. The van der Waals surface area contributed by atoms with Crippen LogP contribution in [0, 0.1) is 0 Å². The van der Waals surface area contributed by atoms with Crippen LogP contribution in [-0.2, 0) is 0 Å². The quantitative estimate of drug-likeness (QED) is 0.501. The van der Waals surface area contributed by atoms with Gasteiger partial charge in [0, 0.05) is 6.04 Å². The average molecular weight is 127 g/mol. The van der Waals surface area contributed by atoms with Gasteiger partial charge < -0.3 is 10.8 Å². The molecule has 2 nitrogen and oxygen atoms in total. The van der Waals surface area contributed by atoms with Crippen molar-refractivity contribution in [1.29, 1.82) is 0 Å². The van der Waals surface area contributed by atoms with Gasteiger partial charge in [-0.15, -0.1) is 0 Å². The Hall–Kier alpha value is -0.340. The molecule has 1 atom stereocenters. The monoisotopic (exact) mass is 127 g/mol. The molecule has 1 unspecified atom stereocenters. The minimum atomic E-state index is 0.128. The van der Waals surface area contributed by atoms with E-state index in [0.717, 1.165) is 18.4 Å². The number of hydrogen-bond acceptors (Lipinski definition) is 2. The highest BCUT2D eigenvalue weighted by atomic mass is 16.3. The fraction of sp³-hybridized carbons (Fsp3) is 0.714. The lowest BCUT2D eigenvalue weighted by Crippen LogP contribution is -2.26. The molecule has 0 saturated carbocycles. The zero-order chi connectivity index (χ0) is 6.69. The maximum absolute atomic E-state index is 8.71. The second-order valence-electron chi connectivity index (χ2n) is 2.47. The van der Waals surface area contributed by atoms with Crippen molar-refractivity contribution in [3.63, 3.8) is 0 Å². The Morgan fingerprint density at radius 1 is 1.78 bits per heavy atom. The zero-order valence-corrected chi connectivity index (χ0v) is 5.51. The van der Waals surface area contributed by atoms with Gasteiger partial charge >= 0.3 is 0 Å². The van der Waals surface area contributed by atoms with Crippen molar-refractivity contribution in [3.05, 3.63) is 11.6 Å². The molecule has 1 rings (SSSR count). The van der Waals surface area contributed by atoms with Gasteiger partial charge in [0.15, 0.2) is 0 Å². The molecule has 0 spiro atoms. The number of rotatable bonds is 1. The van der Waals surface area contributed by atoms with E-state index in [4.69, 9.17) is 10.8 Å². The van der Waals surface area contributed by atoms with Crippen LogP contribution in [-0.4, -0.2) is 17.8 Å². The molecule has 0 amide bonds. The van der Waals surface area contributed by atoms with Crippen molar-refractivity contribution in [2.45, 2.75) is 25.3 Å². The number of aliphatic hydroxyl groups excluding tert-OH is 1. The van der Waals surface area contributed by atoms with Crippen LogP contribution in [0.4, 0.5) is 0 Å². The number of hydrogen-bond donors (Lipinski definition) is 2. The first kappa shape index (κ1) is 6.78. The molecule has 52 valence electrons. The van der Waals surface area contributed by atoms with Gasteiger partial charge in [-0.05, 0) is 24.8 Å². The Kier molecular flexibility index (Phi) is 2.25. The third-order valence-corrected chi connectivity index (χ3v) is 1.78. The molecule has 0 radical (unpaired) electrons. The summed E-state index contributed by atoms with van der Waals surface area (Å²) in [6.07, 6.45) is 5.34. The zero-order valence-electron chi connectivity index (χ0n) is 5.51. The molecule has 1 aliphatic carbocycles. The summed E-state index contributed by atoms with van der Waals surface area (Å²) in [5.74, 6) is 0. The third-order valence-electron chi connectivity index (χ3n) is 1.78. The molecule has 3 N–H and O–H groups in total. The van der Waals surface area contributed by atoms with Crippen molar-refractivity contribution in [1.82, 2.24) is 0 Å². The number of nitrogens with two attached hydrogens (primary N) is 1. The minimum Gasteiger partial charge on any atom is -0.392 e. The topological polar surface area (TPSA) is 46.2 Å². The van der Waals surface area contributed by atoms with Gasteiger partial charge in [0.1, 0.15) is 0 Å². The van der Waals surface area contributed by atoms with E-state index in [2.05, 4.69) is 0 Å². The van der Waals surface area contributed by atoms with Crippen molar-refractivity contribution in [2.75, 3.05) is 6.61 Å². The molecule has 0 fully saturated rings. The second-order valence-corrected chi connectivity index (χ2v) is 2.47. The molecule has 2 heteroatoms. The van der Waals surface area contributed by atoms with Crippen molar-refractivity contribution in [3.8, 4) is 0 Å². The number of allylic oxidation sites excluding steroid dienone is 1. The molecule has 0 saturated heterocycles. The lowest BCUT2D eigenvalue weighted by molar-refractivity contribution is 0.317. The van der Waals surface area contributed by atoms with Gasteiger partial charge in [-0.1, -0.05) is 6.08 Å². The van der Waals surface area contributed by atoms with E-state index in [1.54, 1.807) is 0 Å². The second kappa shape index (κ2) is 2.99. The maximum Gasteiger partial charge on any atom is 0.0656 e. The molecule has 0 aromatic carbocycles. The van der Waals surface area contributed by atoms with Gasteiger partial charge in [0.25, 0.3) is 0 Å². The molecular formula is C7H13NO. The first-order valence-electron chi connectivity index (χ1n) is 3.40. The Morgan fingerprint density at radius 2 is 2.56 bits per heavy atom. The highest BCUT2D eigenvalue weighted by Gasteiger charge is 2.10. The van der Waals surface area contributed by atoms with E-state index >= 15 is 0 Å². The molecular weight excluding hydrogens is 114 g/mol. The summed E-state index contributed by atoms with van der Waals surface area (Å²) in [5.41, 5.74) is 6.68. The number of aliphatic hydroxyl groups is 1. The van der Waals surface area contributed by atoms with Gasteiger partial charge in [-0.25, -0.2) is 0 Å². The van der Waals surface area contributed by atoms with Crippen LogP contribution in [0.2, 0.25) is 0 Å². The Balaban J connectivity index is 2.53. The van der Waals surface area contributed by atoms with Crippen LogP contribution in [0.1, 0.15) is 19.3 Å². The minimum absolute atomic E-state index is 0.128. The smallest absolute Gasteiger partial charge is 0.0656 e. The molecule has 0 bridgehead atoms. The van der Waals surface area contributed by atoms with Gasteiger partial charge in [-0.2, -0.15) is 0 Å². The molecule has 0 heterocycles. The molecule has 9 heavy (non-hydrogen) atoms. The predicted molar refractivity (Wildman–Crippen MR) is 37.0 cm³/mol. The van der Waals surface area contributed by atoms with E-state index < -0.39 is 0 Å². The van der Waals surface area contributed by atoms with Crippen LogP contribution in [0.5, 0.6) is 0 Å². The van der Waals surface area contributed by atoms with Gasteiger partial charge in [0.2, 0.25) is 0 Å². The van der Waals surface area contributed by atoms with E-state index in [9.17, 15) is 0 Å². The van der Waals surface area contributed by atoms with Crippen LogP contribution >= 0.6 is 0 Å². The standard InChI is InChI=1S/C7H13NO/c8-7-4-2-1-3-6(7)5-9/h3,7,9H,1-2,4-5,8H2. The fourth-order valence-electron chi connectivity index (χ4n) is 1.14. The van der Waals surface area contributed by atoms with Crippen molar-refractivity contribution >= 4 is 0 Å². The van der Waals surface area contributed by atoms with Crippen molar-refractivity contribution in [2.24, 2.45) is 5.73 Å². The summed E-state index contributed by atoms with van der Waals surface area (Å²) in [4.78, 5) is 0. The van der Waals surface area contributed by atoms with Gasteiger partial charge in [-0.3, -0.25) is 0 Å². The molecule has 1 aliphatic rings. The first-order valence-corrected chi connectivity index (χ1v) is 3.40. The van der Waals surface area contributed by atoms with Crippen molar-refractivity contribution < 1.29 is 5.11 Å². The SMILES string of the molecule is NC1CCCC=C1CO. The lowest BCUT2D eigenvalue weighted by atomic mass is 9.96.